The number of carbonyl (C=O) groups excluding carboxylic acids is 2. The molecule has 1 aliphatic heterocycles. The number of thiophene rings is 1. The molecule has 198 valence electrons. The number of amides is 2. The monoisotopic (exact) mass is 513 g/mol. The van der Waals surface area contributed by atoms with Gasteiger partial charge in [0.2, 0.25) is 11.8 Å². The van der Waals surface area contributed by atoms with Crippen molar-refractivity contribution in [2.75, 3.05) is 45.9 Å². The summed E-state index contributed by atoms with van der Waals surface area (Å²) in [4.78, 5) is 34.3. The molecule has 1 aliphatic rings. The number of carbonyl (C=O) groups is 2. The number of ether oxygens (including phenoxy) is 1. The first-order valence-electron chi connectivity index (χ1n) is 13.1. The van der Waals surface area contributed by atoms with Crippen molar-refractivity contribution in [1.29, 1.82) is 0 Å². The van der Waals surface area contributed by atoms with E-state index in [0.717, 1.165) is 49.7 Å². The van der Waals surface area contributed by atoms with Gasteiger partial charge in [-0.15, -0.1) is 11.3 Å². The third-order valence-electron chi connectivity index (χ3n) is 6.45. The van der Waals surface area contributed by atoms with Gasteiger partial charge in [-0.1, -0.05) is 64.1 Å². The molecule has 0 bridgehead atoms. The lowest BCUT2D eigenvalue weighted by Gasteiger charge is -2.32. The lowest BCUT2D eigenvalue weighted by Crippen LogP contribution is -2.47. The zero-order valence-electron chi connectivity index (χ0n) is 22.4. The van der Waals surface area contributed by atoms with E-state index in [4.69, 9.17) is 4.74 Å². The zero-order chi connectivity index (χ0) is 26.0. The van der Waals surface area contributed by atoms with Crippen LogP contribution in [0.3, 0.4) is 0 Å². The van der Waals surface area contributed by atoms with Crippen LogP contribution in [0.2, 0.25) is 0 Å². The maximum atomic E-state index is 13.7. The molecule has 1 aromatic heterocycles. The van der Waals surface area contributed by atoms with Gasteiger partial charge in [0.1, 0.15) is 0 Å². The normalized spacial score (nSPS) is 15.4. The standard InChI is InChI=1S/C29H43N3O3S/c1-24(20-29(2,3)4)19-27(33)31(13-12-30-14-16-35-17-15-30)23-28(34)32(22-26-11-8-18-36-26)21-25-9-6-5-7-10-25/h5-11,18,24H,12-17,19-23H2,1-4H3. The molecular formula is C29H43N3O3S. The predicted molar refractivity (Wildman–Crippen MR) is 147 cm³/mol. The Bertz CT molecular complexity index is 921. The van der Waals surface area contributed by atoms with E-state index in [1.807, 2.05) is 46.7 Å². The molecule has 2 aromatic rings. The molecule has 0 saturated carbocycles. The van der Waals surface area contributed by atoms with Gasteiger partial charge in [-0.25, -0.2) is 0 Å². The predicted octanol–water partition coefficient (Wildman–Crippen LogP) is 4.90. The molecule has 2 heterocycles. The van der Waals surface area contributed by atoms with Crippen molar-refractivity contribution in [3.8, 4) is 0 Å². The fourth-order valence-corrected chi connectivity index (χ4v) is 5.53. The van der Waals surface area contributed by atoms with E-state index in [9.17, 15) is 9.59 Å². The third kappa shape index (κ3) is 10.0. The molecule has 2 amide bonds. The van der Waals surface area contributed by atoms with Crippen molar-refractivity contribution in [2.45, 2.75) is 53.6 Å². The Morgan fingerprint density at radius 1 is 1.00 bits per heavy atom. The minimum atomic E-state index is -0.00828. The van der Waals surface area contributed by atoms with Crippen LogP contribution >= 0.6 is 11.3 Å². The maximum absolute atomic E-state index is 13.7. The molecule has 7 heteroatoms. The van der Waals surface area contributed by atoms with Crippen molar-refractivity contribution < 1.29 is 14.3 Å². The fraction of sp³-hybridized carbons (Fsp3) is 0.586. The highest BCUT2D eigenvalue weighted by molar-refractivity contribution is 7.09. The summed E-state index contributed by atoms with van der Waals surface area (Å²) in [7, 11) is 0. The Morgan fingerprint density at radius 3 is 2.36 bits per heavy atom. The SMILES string of the molecule is CC(CC(=O)N(CCN1CCOCC1)CC(=O)N(Cc1ccccc1)Cc1cccs1)CC(C)(C)C. The zero-order valence-corrected chi connectivity index (χ0v) is 23.3. The Morgan fingerprint density at radius 2 is 1.72 bits per heavy atom. The van der Waals surface area contributed by atoms with Crippen LogP contribution in [0.5, 0.6) is 0 Å². The van der Waals surface area contributed by atoms with Crippen molar-refractivity contribution in [3.05, 3.63) is 58.3 Å². The van der Waals surface area contributed by atoms with E-state index in [1.54, 1.807) is 16.2 Å². The van der Waals surface area contributed by atoms with Crippen LogP contribution in [-0.2, 0) is 27.4 Å². The number of morpholine rings is 1. The minimum Gasteiger partial charge on any atom is -0.379 e. The molecular weight excluding hydrogens is 470 g/mol. The van der Waals surface area contributed by atoms with Crippen LogP contribution in [0.15, 0.2) is 47.8 Å². The van der Waals surface area contributed by atoms with Crippen molar-refractivity contribution in [2.24, 2.45) is 11.3 Å². The number of nitrogens with zero attached hydrogens (tertiary/aromatic N) is 3. The molecule has 36 heavy (non-hydrogen) atoms. The summed E-state index contributed by atoms with van der Waals surface area (Å²) in [5.41, 5.74) is 1.26. The third-order valence-corrected chi connectivity index (χ3v) is 7.31. The molecule has 1 fully saturated rings. The number of rotatable bonds is 12. The van der Waals surface area contributed by atoms with Crippen LogP contribution in [0.25, 0.3) is 0 Å². The molecule has 0 N–H and O–H groups in total. The summed E-state index contributed by atoms with van der Waals surface area (Å²) in [5, 5.41) is 2.04. The summed E-state index contributed by atoms with van der Waals surface area (Å²) in [6, 6.07) is 14.1. The first-order valence-corrected chi connectivity index (χ1v) is 14.0. The second-order valence-corrected chi connectivity index (χ2v) is 12.2. The van der Waals surface area contributed by atoms with E-state index in [1.165, 1.54) is 0 Å². The van der Waals surface area contributed by atoms with Gasteiger partial charge >= 0.3 is 0 Å². The van der Waals surface area contributed by atoms with Crippen LogP contribution in [-0.4, -0.2) is 72.5 Å². The van der Waals surface area contributed by atoms with Gasteiger partial charge < -0.3 is 14.5 Å². The molecule has 1 atom stereocenters. The lowest BCUT2D eigenvalue weighted by atomic mass is 9.84. The van der Waals surface area contributed by atoms with E-state index < -0.39 is 0 Å². The van der Waals surface area contributed by atoms with Gasteiger partial charge in [0, 0.05) is 44.0 Å². The molecule has 0 aliphatic carbocycles. The first-order chi connectivity index (χ1) is 17.2. The topological polar surface area (TPSA) is 53.1 Å². The Hall–Kier alpha value is -2.22. The maximum Gasteiger partial charge on any atom is 0.242 e. The summed E-state index contributed by atoms with van der Waals surface area (Å²) in [5.74, 6) is 0.334. The average molecular weight is 514 g/mol. The number of hydrogen-bond donors (Lipinski definition) is 0. The molecule has 1 unspecified atom stereocenters. The van der Waals surface area contributed by atoms with Crippen LogP contribution in [0.4, 0.5) is 0 Å². The highest BCUT2D eigenvalue weighted by Crippen LogP contribution is 2.26. The van der Waals surface area contributed by atoms with Crippen molar-refractivity contribution in [1.82, 2.24) is 14.7 Å². The van der Waals surface area contributed by atoms with E-state index in [-0.39, 0.29) is 29.7 Å². The Balaban J connectivity index is 1.71. The van der Waals surface area contributed by atoms with Gasteiger partial charge in [-0.05, 0) is 34.8 Å². The quantitative estimate of drug-likeness (QED) is 0.405. The number of benzene rings is 1. The highest BCUT2D eigenvalue weighted by atomic mass is 32.1. The van der Waals surface area contributed by atoms with Gasteiger partial charge in [-0.3, -0.25) is 14.5 Å². The number of hydrogen-bond acceptors (Lipinski definition) is 5. The Kier molecular flexibility index (Phi) is 11.0. The minimum absolute atomic E-state index is 0.00828. The molecule has 0 radical (unpaired) electrons. The van der Waals surface area contributed by atoms with E-state index in [0.29, 0.717) is 26.1 Å². The van der Waals surface area contributed by atoms with Crippen molar-refractivity contribution in [3.63, 3.8) is 0 Å². The average Bonchev–Trinajstić information content (AvgIpc) is 3.34. The fourth-order valence-electron chi connectivity index (χ4n) is 4.81. The lowest BCUT2D eigenvalue weighted by molar-refractivity contribution is -0.142. The molecule has 0 spiro atoms. The second-order valence-electron chi connectivity index (χ2n) is 11.2. The van der Waals surface area contributed by atoms with Crippen molar-refractivity contribution >= 4 is 23.2 Å². The second kappa shape index (κ2) is 13.9. The summed E-state index contributed by atoms with van der Waals surface area (Å²) in [6.45, 7) is 14.5. The van der Waals surface area contributed by atoms with E-state index in [2.05, 4.69) is 38.7 Å². The summed E-state index contributed by atoms with van der Waals surface area (Å²) < 4.78 is 5.47. The summed E-state index contributed by atoms with van der Waals surface area (Å²) >= 11 is 1.65. The molecule has 1 saturated heterocycles. The first kappa shape index (κ1) is 28.4. The highest BCUT2D eigenvalue weighted by Gasteiger charge is 2.25. The van der Waals surface area contributed by atoms with Crippen LogP contribution in [0.1, 0.15) is 51.0 Å². The summed E-state index contributed by atoms with van der Waals surface area (Å²) in [6.07, 6.45) is 1.44. The largest absolute Gasteiger partial charge is 0.379 e. The molecule has 6 nitrogen and oxygen atoms in total. The Labute approximate surface area is 221 Å². The molecule has 1 aromatic carbocycles. The van der Waals surface area contributed by atoms with Crippen LogP contribution < -0.4 is 0 Å². The molecule has 3 rings (SSSR count). The van der Waals surface area contributed by atoms with Gasteiger partial charge in [-0.2, -0.15) is 0 Å². The van der Waals surface area contributed by atoms with Gasteiger partial charge in [0.05, 0.1) is 26.3 Å². The van der Waals surface area contributed by atoms with Gasteiger partial charge in [0.15, 0.2) is 0 Å². The smallest absolute Gasteiger partial charge is 0.242 e. The van der Waals surface area contributed by atoms with Gasteiger partial charge in [0.25, 0.3) is 0 Å². The van der Waals surface area contributed by atoms with Crippen LogP contribution in [0, 0.1) is 11.3 Å². The van der Waals surface area contributed by atoms with E-state index >= 15 is 0 Å².